The minimum absolute atomic E-state index is 0.420. The monoisotopic (exact) mass is 308 g/mol. The van der Waals surface area contributed by atoms with Crippen molar-refractivity contribution < 1.29 is 9.84 Å². The molecular formula is C19H20N2O2. The summed E-state index contributed by atoms with van der Waals surface area (Å²) in [6.45, 7) is 2.25. The van der Waals surface area contributed by atoms with Gasteiger partial charge in [0.1, 0.15) is 5.75 Å². The summed E-state index contributed by atoms with van der Waals surface area (Å²) in [6.07, 6.45) is -0.420. The maximum atomic E-state index is 9.56. The molecule has 0 aliphatic heterocycles. The van der Waals surface area contributed by atoms with E-state index in [-0.39, 0.29) is 0 Å². The van der Waals surface area contributed by atoms with Gasteiger partial charge in [0.15, 0.2) is 0 Å². The van der Waals surface area contributed by atoms with Crippen molar-refractivity contribution in [2.45, 2.75) is 13.0 Å². The van der Waals surface area contributed by atoms with Crippen LogP contribution in [0.2, 0.25) is 0 Å². The molecule has 0 radical (unpaired) electrons. The zero-order valence-corrected chi connectivity index (χ0v) is 13.3. The molecule has 3 aromatic rings. The highest BCUT2D eigenvalue weighted by atomic mass is 16.5. The van der Waals surface area contributed by atoms with Crippen LogP contribution in [0.4, 0.5) is 5.69 Å². The van der Waals surface area contributed by atoms with Crippen LogP contribution in [0.25, 0.3) is 22.2 Å². The summed E-state index contributed by atoms with van der Waals surface area (Å²) in [7, 11) is 1.65. The molecule has 0 fully saturated rings. The largest absolute Gasteiger partial charge is 0.497 e. The Morgan fingerprint density at radius 3 is 2.61 bits per heavy atom. The molecule has 0 bridgehead atoms. The van der Waals surface area contributed by atoms with Gasteiger partial charge in [-0.05, 0) is 25.1 Å². The second-order valence-electron chi connectivity index (χ2n) is 5.53. The lowest BCUT2D eigenvalue weighted by molar-refractivity contribution is 0.208. The van der Waals surface area contributed by atoms with Gasteiger partial charge in [-0.2, -0.15) is 0 Å². The molecule has 0 saturated carbocycles. The first-order chi connectivity index (χ1) is 11.2. The molecular weight excluding hydrogens is 288 g/mol. The highest BCUT2D eigenvalue weighted by Gasteiger charge is 2.09. The number of pyridine rings is 1. The average molecular weight is 308 g/mol. The number of anilines is 1. The van der Waals surface area contributed by atoms with E-state index < -0.39 is 6.10 Å². The summed E-state index contributed by atoms with van der Waals surface area (Å²) in [6, 6.07) is 17.9. The van der Waals surface area contributed by atoms with Gasteiger partial charge in [0.05, 0.1) is 24.4 Å². The van der Waals surface area contributed by atoms with Crippen LogP contribution in [0, 0.1) is 0 Å². The molecule has 118 valence electrons. The van der Waals surface area contributed by atoms with E-state index >= 15 is 0 Å². The van der Waals surface area contributed by atoms with Crippen LogP contribution in [-0.4, -0.2) is 29.8 Å². The van der Waals surface area contributed by atoms with E-state index in [0.29, 0.717) is 6.54 Å². The Bertz CT molecular complexity index is 801. The van der Waals surface area contributed by atoms with Crippen molar-refractivity contribution in [3.05, 3.63) is 54.6 Å². The van der Waals surface area contributed by atoms with Crippen LogP contribution in [-0.2, 0) is 0 Å². The SMILES string of the molecule is COc1ccc2c(NCC(C)O)cc(-c3ccccc3)nc2c1. The molecule has 2 aromatic carbocycles. The van der Waals surface area contributed by atoms with Crippen molar-refractivity contribution in [3.63, 3.8) is 0 Å². The van der Waals surface area contributed by atoms with Crippen LogP contribution in [0.15, 0.2) is 54.6 Å². The van der Waals surface area contributed by atoms with Crippen LogP contribution in [0.5, 0.6) is 5.75 Å². The minimum Gasteiger partial charge on any atom is -0.497 e. The fourth-order valence-corrected chi connectivity index (χ4v) is 2.50. The van der Waals surface area contributed by atoms with Crippen molar-refractivity contribution in [2.75, 3.05) is 19.0 Å². The number of rotatable bonds is 5. The summed E-state index contributed by atoms with van der Waals surface area (Å²) < 4.78 is 5.31. The zero-order valence-electron chi connectivity index (χ0n) is 13.3. The predicted molar refractivity (Wildman–Crippen MR) is 93.9 cm³/mol. The standard InChI is InChI=1S/C19H20N2O2/c1-13(22)12-20-18-11-17(14-6-4-3-5-7-14)21-19-10-15(23-2)8-9-16(18)19/h3-11,13,22H,12H2,1-2H3,(H,20,21). The molecule has 0 aliphatic carbocycles. The fraction of sp³-hybridized carbons (Fsp3) is 0.211. The van der Waals surface area contributed by atoms with E-state index in [0.717, 1.165) is 33.6 Å². The van der Waals surface area contributed by atoms with Gasteiger partial charge in [-0.25, -0.2) is 4.98 Å². The number of ether oxygens (including phenoxy) is 1. The molecule has 3 rings (SSSR count). The molecule has 0 amide bonds. The Morgan fingerprint density at radius 2 is 1.91 bits per heavy atom. The smallest absolute Gasteiger partial charge is 0.121 e. The number of aromatic nitrogens is 1. The van der Waals surface area contributed by atoms with Crippen LogP contribution >= 0.6 is 0 Å². The lowest BCUT2D eigenvalue weighted by atomic mass is 10.1. The van der Waals surface area contributed by atoms with Crippen molar-refractivity contribution in [1.82, 2.24) is 4.98 Å². The molecule has 0 aliphatic rings. The quantitative estimate of drug-likeness (QED) is 0.754. The molecule has 4 heteroatoms. The topological polar surface area (TPSA) is 54.4 Å². The Morgan fingerprint density at radius 1 is 1.13 bits per heavy atom. The number of aliphatic hydroxyl groups is 1. The predicted octanol–water partition coefficient (Wildman–Crippen LogP) is 3.70. The summed E-state index contributed by atoms with van der Waals surface area (Å²) in [5.74, 6) is 0.775. The second kappa shape index (κ2) is 6.67. The van der Waals surface area contributed by atoms with Crippen LogP contribution in [0.3, 0.4) is 0 Å². The van der Waals surface area contributed by atoms with E-state index in [9.17, 15) is 5.11 Å². The number of hydrogen-bond acceptors (Lipinski definition) is 4. The highest BCUT2D eigenvalue weighted by molar-refractivity contribution is 5.94. The van der Waals surface area contributed by atoms with Crippen molar-refractivity contribution in [1.29, 1.82) is 0 Å². The van der Waals surface area contributed by atoms with Gasteiger partial charge in [0, 0.05) is 29.2 Å². The summed E-state index contributed by atoms with van der Waals surface area (Å²) in [4.78, 5) is 4.76. The van der Waals surface area contributed by atoms with Crippen LogP contribution in [0.1, 0.15) is 6.92 Å². The van der Waals surface area contributed by atoms with Crippen LogP contribution < -0.4 is 10.1 Å². The molecule has 1 unspecified atom stereocenters. The number of benzene rings is 2. The number of nitrogens with one attached hydrogen (secondary N) is 1. The van der Waals surface area contributed by atoms with E-state index in [1.54, 1.807) is 14.0 Å². The number of aliphatic hydroxyl groups excluding tert-OH is 1. The van der Waals surface area contributed by atoms with E-state index in [1.165, 1.54) is 0 Å². The first kappa shape index (κ1) is 15.3. The summed E-state index contributed by atoms with van der Waals surface area (Å²) >= 11 is 0. The maximum Gasteiger partial charge on any atom is 0.121 e. The zero-order chi connectivity index (χ0) is 16.2. The van der Waals surface area contributed by atoms with E-state index in [2.05, 4.69) is 5.32 Å². The van der Waals surface area contributed by atoms with Gasteiger partial charge in [-0.3, -0.25) is 0 Å². The normalized spacial score (nSPS) is 12.1. The number of hydrogen-bond donors (Lipinski definition) is 2. The van der Waals surface area contributed by atoms with Gasteiger partial charge in [-0.15, -0.1) is 0 Å². The number of nitrogens with zero attached hydrogens (tertiary/aromatic N) is 1. The third-order valence-corrected chi connectivity index (χ3v) is 3.67. The van der Waals surface area contributed by atoms with Gasteiger partial charge >= 0.3 is 0 Å². The third-order valence-electron chi connectivity index (χ3n) is 3.67. The molecule has 4 nitrogen and oxygen atoms in total. The maximum absolute atomic E-state index is 9.56. The molecule has 1 heterocycles. The lowest BCUT2D eigenvalue weighted by Gasteiger charge is -2.14. The highest BCUT2D eigenvalue weighted by Crippen LogP contribution is 2.30. The molecule has 1 aromatic heterocycles. The molecule has 2 N–H and O–H groups in total. The third kappa shape index (κ3) is 3.43. The Balaban J connectivity index is 2.13. The van der Waals surface area contributed by atoms with E-state index in [1.807, 2.05) is 54.6 Å². The van der Waals surface area contributed by atoms with Crippen molar-refractivity contribution in [2.24, 2.45) is 0 Å². The van der Waals surface area contributed by atoms with Gasteiger partial charge < -0.3 is 15.2 Å². The van der Waals surface area contributed by atoms with Gasteiger partial charge in [0.25, 0.3) is 0 Å². The molecule has 0 spiro atoms. The second-order valence-corrected chi connectivity index (χ2v) is 5.53. The molecule has 23 heavy (non-hydrogen) atoms. The van der Waals surface area contributed by atoms with Gasteiger partial charge in [0.2, 0.25) is 0 Å². The minimum atomic E-state index is -0.420. The average Bonchev–Trinajstić information content (AvgIpc) is 2.59. The first-order valence-electron chi connectivity index (χ1n) is 7.63. The Labute approximate surface area is 135 Å². The summed E-state index contributed by atoms with van der Waals surface area (Å²) in [5.41, 5.74) is 3.76. The van der Waals surface area contributed by atoms with E-state index in [4.69, 9.17) is 9.72 Å². The number of fused-ring (bicyclic) bond motifs is 1. The van der Waals surface area contributed by atoms with Crippen molar-refractivity contribution >= 4 is 16.6 Å². The Kier molecular flexibility index (Phi) is 4.44. The lowest BCUT2D eigenvalue weighted by Crippen LogP contribution is -2.15. The summed E-state index contributed by atoms with van der Waals surface area (Å²) in [5, 5.41) is 13.9. The molecule has 0 saturated heterocycles. The fourth-order valence-electron chi connectivity index (χ4n) is 2.50. The first-order valence-corrected chi connectivity index (χ1v) is 7.63. The Hall–Kier alpha value is -2.59. The van der Waals surface area contributed by atoms with Gasteiger partial charge in [-0.1, -0.05) is 30.3 Å². The van der Waals surface area contributed by atoms with Crippen molar-refractivity contribution in [3.8, 4) is 17.0 Å². The molecule has 1 atom stereocenters. The number of methoxy groups -OCH3 is 1.